The van der Waals surface area contributed by atoms with Gasteiger partial charge in [-0.2, -0.15) is 0 Å². The predicted molar refractivity (Wildman–Crippen MR) is 73.1 cm³/mol. The van der Waals surface area contributed by atoms with Crippen LogP contribution in [0.25, 0.3) is 0 Å². The van der Waals surface area contributed by atoms with E-state index in [0.29, 0.717) is 0 Å². The Morgan fingerprint density at radius 2 is 2.06 bits per heavy atom. The third kappa shape index (κ3) is 5.80. The van der Waals surface area contributed by atoms with Crippen molar-refractivity contribution in [2.24, 2.45) is 0 Å². The van der Waals surface area contributed by atoms with Crippen molar-refractivity contribution in [3.05, 3.63) is 29.6 Å². The zero-order chi connectivity index (χ0) is 12.5. The first kappa shape index (κ1) is 14.1. The molecule has 0 aliphatic carbocycles. The summed E-state index contributed by atoms with van der Waals surface area (Å²) >= 11 is 0. The lowest BCUT2D eigenvalue weighted by atomic mass is 10.3. The van der Waals surface area contributed by atoms with Crippen molar-refractivity contribution in [2.45, 2.75) is 33.7 Å². The molecule has 0 unspecified atom stereocenters. The number of nitrogens with zero attached hydrogens (tertiary/aromatic N) is 2. The van der Waals surface area contributed by atoms with E-state index in [1.54, 1.807) is 0 Å². The fourth-order valence-electron chi connectivity index (χ4n) is 1.80. The number of hydrogen-bond donors (Lipinski definition) is 1. The molecule has 0 atom stereocenters. The number of pyridine rings is 1. The van der Waals surface area contributed by atoms with Crippen LogP contribution >= 0.6 is 0 Å². The smallest absolute Gasteiger partial charge is 0.0541 e. The van der Waals surface area contributed by atoms with Gasteiger partial charge in [-0.1, -0.05) is 19.9 Å². The van der Waals surface area contributed by atoms with E-state index in [1.165, 1.54) is 18.5 Å². The molecule has 0 aliphatic rings. The minimum absolute atomic E-state index is 0.865. The van der Waals surface area contributed by atoms with E-state index in [-0.39, 0.29) is 0 Å². The van der Waals surface area contributed by atoms with Crippen LogP contribution in [-0.4, -0.2) is 36.1 Å². The fourth-order valence-corrected chi connectivity index (χ4v) is 1.80. The van der Waals surface area contributed by atoms with Crippen LogP contribution in [0.2, 0.25) is 0 Å². The first-order valence-electron chi connectivity index (χ1n) is 6.60. The van der Waals surface area contributed by atoms with E-state index in [1.807, 2.05) is 6.20 Å². The molecule has 1 rings (SSSR count). The topological polar surface area (TPSA) is 28.2 Å². The average Bonchev–Trinajstić information content (AvgIpc) is 2.35. The van der Waals surface area contributed by atoms with Gasteiger partial charge in [-0.3, -0.25) is 4.98 Å². The SMILES string of the molecule is CCCN(CC)CCNCc1ccc(C)cn1. The second-order valence-electron chi connectivity index (χ2n) is 4.44. The second-order valence-corrected chi connectivity index (χ2v) is 4.44. The van der Waals surface area contributed by atoms with E-state index in [9.17, 15) is 0 Å². The Bertz CT molecular complexity index is 295. The van der Waals surface area contributed by atoms with Crippen LogP contribution in [0.5, 0.6) is 0 Å². The van der Waals surface area contributed by atoms with Gasteiger partial charge in [0.1, 0.15) is 0 Å². The summed E-state index contributed by atoms with van der Waals surface area (Å²) in [4.78, 5) is 6.84. The Balaban J connectivity index is 2.17. The largest absolute Gasteiger partial charge is 0.310 e. The fraction of sp³-hybridized carbons (Fsp3) is 0.643. The van der Waals surface area contributed by atoms with Gasteiger partial charge in [-0.25, -0.2) is 0 Å². The molecule has 0 aromatic carbocycles. The zero-order valence-electron chi connectivity index (χ0n) is 11.4. The second kappa shape index (κ2) is 8.20. The molecule has 1 aromatic rings. The molecule has 3 heteroatoms. The maximum Gasteiger partial charge on any atom is 0.0541 e. The van der Waals surface area contributed by atoms with Crippen molar-refractivity contribution < 1.29 is 0 Å². The molecule has 0 amide bonds. The Kier molecular flexibility index (Phi) is 6.82. The Labute approximate surface area is 105 Å². The lowest BCUT2D eigenvalue weighted by Crippen LogP contribution is -2.32. The van der Waals surface area contributed by atoms with Gasteiger partial charge in [-0.15, -0.1) is 0 Å². The van der Waals surface area contributed by atoms with E-state index in [4.69, 9.17) is 0 Å². The zero-order valence-corrected chi connectivity index (χ0v) is 11.4. The van der Waals surface area contributed by atoms with Gasteiger partial charge in [0.25, 0.3) is 0 Å². The molecule has 0 aliphatic heterocycles. The van der Waals surface area contributed by atoms with E-state index in [0.717, 1.165) is 31.9 Å². The molecule has 0 saturated heterocycles. The van der Waals surface area contributed by atoms with Gasteiger partial charge in [0.2, 0.25) is 0 Å². The van der Waals surface area contributed by atoms with E-state index >= 15 is 0 Å². The standard InChI is InChI=1S/C14H25N3/c1-4-9-17(5-2)10-8-15-12-14-7-6-13(3)11-16-14/h6-7,11,15H,4-5,8-10,12H2,1-3H3. The van der Waals surface area contributed by atoms with Crippen molar-refractivity contribution in [1.82, 2.24) is 15.2 Å². The highest BCUT2D eigenvalue weighted by Gasteiger charge is 2.00. The summed E-state index contributed by atoms with van der Waals surface area (Å²) < 4.78 is 0. The molecule has 17 heavy (non-hydrogen) atoms. The van der Waals surface area contributed by atoms with Crippen molar-refractivity contribution in [2.75, 3.05) is 26.2 Å². The Hall–Kier alpha value is -0.930. The van der Waals surface area contributed by atoms with Crippen molar-refractivity contribution in [3.63, 3.8) is 0 Å². The summed E-state index contributed by atoms with van der Waals surface area (Å²) in [5, 5.41) is 3.44. The number of rotatable bonds is 8. The van der Waals surface area contributed by atoms with Gasteiger partial charge in [0, 0.05) is 25.8 Å². The van der Waals surface area contributed by atoms with Crippen LogP contribution in [0.15, 0.2) is 18.3 Å². The van der Waals surface area contributed by atoms with Crippen molar-refractivity contribution in [3.8, 4) is 0 Å². The monoisotopic (exact) mass is 235 g/mol. The van der Waals surface area contributed by atoms with Gasteiger partial charge >= 0.3 is 0 Å². The molecular formula is C14H25N3. The highest BCUT2D eigenvalue weighted by atomic mass is 15.1. The highest BCUT2D eigenvalue weighted by molar-refractivity contribution is 5.11. The van der Waals surface area contributed by atoms with Crippen LogP contribution < -0.4 is 5.32 Å². The van der Waals surface area contributed by atoms with Crippen LogP contribution in [0.1, 0.15) is 31.5 Å². The summed E-state index contributed by atoms with van der Waals surface area (Å²) in [6.07, 6.45) is 3.15. The van der Waals surface area contributed by atoms with Gasteiger partial charge < -0.3 is 10.2 Å². The molecule has 0 bridgehead atoms. The molecule has 0 saturated carbocycles. The quantitative estimate of drug-likeness (QED) is 0.700. The van der Waals surface area contributed by atoms with Crippen LogP contribution in [0, 0.1) is 6.92 Å². The van der Waals surface area contributed by atoms with Gasteiger partial charge in [0.15, 0.2) is 0 Å². The number of aromatic nitrogens is 1. The lowest BCUT2D eigenvalue weighted by molar-refractivity contribution is 0.287. The average molecular weight is 235 g/mol. The van der Waals surface area contributed by atoms with Crippen LogP contribution in [0.3, 0.4) is 0 Å². The summed E-state index contributed by atoms with van der Waals surface area (Å²) in [5.41, 5.74) is 2.34. The molecule has 0 radical (unpaired) electrons. The number of aryl methyl sites for hydroxylation is 1. The lowest BCUT2D eigenvalue weighted by Gasteiger charge is -2.19. The summed E-state index contributed by atoms with van der Waals surface area (Å²) in [7, 11) is 0. The molecule has 3 nitrogen and oxygen atoms in total. The molecule has 96 valence electrons. The summed E-state index contributed by atoms with van der Waals surface area (Å²) in [6.45, 7) is 11.9. The van der Waals surface area contributed by atoms with Crippen molar-refractivity contribution in [1.29, 1.82) is 0 Å². The predicted octanol–water partition coefficient (Wildman–Crippen LogP) is 2.21. The maximum atomic E-state index is 4.38. The number of nitrogens with one attached hydrogen (secondary N) is 1. The van der Waals surface area contributed by atoms with Crippen molar-refractivity contribution >= 4 is 0 Å². The molecule has 1 heterocycles. The third-order valence-electron chi connectivity index (χ3n) is 2.87. The normalized spacial score (nSPS) is 11.1. The van der Waals surface area contributed by atoms with Gasteiger partial charge in [-0.05, 0) is 38.1 Å². The molecule has 0 spiro atoms. The molecule has 0 fully saturated rings. The first-order chi connectivity index (χ1) is 8.26. The Morgan fingerprint density at radius 3 is 2.65 bits per heavy atom. The van der Waals surface area contributed by atoms with Crippen LogP contribution in [-0.2, 0) is 6.54 Å². The molecular weight excluding hydrogens is 210 g/mol. The molecule has 1 aromatic heterocycles. The first-order valence-corrected chi connectivity index (χ1v) is 6.60. The minimum atomic E-state index is 0.865. The van der Waals surface area contributed by atoms with Crippen LogP contribution in [0.4, 0.5) is 0 Å². The maximum absolute atomic E-state index is 4.38. The third-order valence-corrected chi connectivity index (χ3v) is 2.87. The van der Waals surface area contributed by atoms with Gasteiger partial charge in [0.05, 0.1) is 5.69 Å². The molecule has 1 N–H and O–H groups in total. The van der Waals surface area contributed by atoms with E-state index < -0.39 is 0 Å². The Morgan fingerprint density at radius 1 is 1.24 bits per heavy atom. The van der Waals surface area contributed by atoms with E-state index in [2.05, 4.69) is 48.1 Å². The minimum Gasteiger partial charge on any atom is -0.310 e. The number of hydrogen-bond acceptors (Lipinski definition) is 3. The summed E-state index contributed by atoms with van der Waals surface area (Å²) in [5.74, 6) is 0. The summed E-state index contributed by atoms with van der Waals surface area (Å²) in [6, 6.07) is 4.20. The highest BCUT2D eigenvalue weighted by Crippen LogP contribution is 1.97. The number of likely N-dealkylation sites (N-methyl/N-ethyl adjacent to an activating group) is 1.